The molecule has 3 rings (SSSR count). The van der Waals surface area contributed by atoms with Gasteiger partial charge in [0.25, 0.3) is 0 Å². The van der Waals surface area contributed by atoms with Crippen LogP contribution in [-0.4, -0.2) is 28.8 Å². The van der Waals surface area contributed by atoms with E-state index >= 15 is 0 Å². The van der Waals surface area contributed by atoms with E-state index in [0.29, 0.717) is 6.42 Å². The summed E-state index contributed by atoms with van der Waals surface area (Å²) in [6.07, 6.45) is 5.65. The maximum Gasteiger partial charge on any atom is 0.243 e. The van der Waals surface area contributed by atoms with Crippen LogP contribution in [0.1, 0.15) is 62.1 Å². The fourth-order valence-corrected chi connectivity index (χ4v) is 4.54. The molecule has 1 atom stereocenters. The second kappa shape index (κ2) is 11.5. The van der Waals surface area contributed by atoms with Crippen molar-refractivity contribution in [3.8, 4) is 0 Å². The van der Waals surface area contributed by atoms with Crippen molar-refractivity contribution in [3.63, 3.8) is 0 Å². The zero-order valence-corrected chi connectivity index (χ0v) is 19.6. The van der Waals surface area contributed by atoms with Crippen molar-refractivity contribution < 1.29 is 14.0 Å². The van der Waals surface area contributed by atoms with Crippen LogP contribution in [0.2, 0.25) is 5.02 Å². The zero-order chi connectivity index (χ0) is 23.1. The van der Waals surface area contributed by atoms with Crippen LogP contribution in [-0.2, 0) is 22.6 Å². The van der Waals surface area contributed by atoms with Gasteiger partial charge in [0.1, 0.15) is 11.9 Å². The van der Waals surface area contributed by atoms with Crippen LogP contribution in [0.3, 0.4) is 0 Å². The number of benzene rings is 2. The first-order valence-electron chi connectivity index (χ1n) is 11.5. The van der Waals surface area contributed by atoms with Gasteiger partial charge in [0, 0.05) is 23.2 Å². The van der Waals surface area contributed by atoms with E-state index in [1.54, 1.807) is 11.0 Å². The van der Waals surface area contributed by atoms with Crippen LogP contribution < -0.4 is 5.32 Å². The molecule has 2 amide bonds. The van der Waals surface area contributed by atoms with Crippen molar-refractivity contribution in [3.05, 3.63) is 70.0 Å². The summed E-state index contributed by atoms with van der Waals surface area (Å²) in [5.41, 5.74) is 2.20. The molecule has 1 saturated carbocycles. The number of aryl methyl sites for hydroxylation is 1. The summed E-state index contributed by atoms with van der Waals surface area (Å²) in [5.74, 6) is -0.969. The maximum absolute atomic E-state index is 14.4. The summed E-state index contributed by atoms with van der Waals surface area (Å²) in [7, 11) is 0. The fraction of sp³-hybridized carbons (Fsp3) is 0.462. The van der Waals surface area contributed by atoms with Gasteiger partial charge in [0.15, 0.2) is 0 Å². The number of nitrogens with zero attached hydrogens (tertiary/aromatic N) is 1. The minimum Gasteiger partial charge on any atom is -0.352 e. The van der Waals surface area contributed by atoms with Gasteiger partial charge in [-0.2, -0.15) is 0 Å². The van der Waals surface area contributed by atoms with Crippen LogP contribution in [0.15, 0.2) is 42.5 Å². The van der Waals surface area contributed by atoms with Gasteiger partial charge in [0.05, 0.1) is 6.42 Å². The molecule has 0 aliphatic heterocycles. The number of carbonyl (C=O) groups excluding carboxylic acids is 2. The lowest BCUT2D eigenvalue weighted by Gasteiger charge is -2.33. The molecule has 0 spiro atoms. The predicted molar refractivity (Wildman–Crippen MR) is 126 cm³/mol. The van der Waals surface area contributed by atoms with E-state index < -0.39 is 11.9 Å². The zero-order valence-electron chi connectivity index (χ0n) is 18.9. The number of rotatable bonds is 8. The van der Waals surface area contributed by atoms with Gasteiger partial charge < -0.3 is 10.2 Å². The lowest BCUT2D eigenvalue weighted by Crippen LogP contribution is -2.52. The van der Waals surface area contributed by atoms with Crippen LogP contribution in [0.4, 0.5) is 4.39 Å². The lowest BCUT2D eigenvalue weighted by molar-refractivity contribution is -0.141. The van der Waals surface area contributed by atoms with Crippen LogP contribution in [0.5, 0.6) is 0 Å². The molecule has 1 unspecified atom stereocenters. The largest absolute Gasteiger partial charge is 0.352 e. The van der Waals surface area contributed by atoms with Gasteiger partial charge in [0.2, 0.25) is 11.8 Å². The highest BCUT2D eigenvalue weighted by molar-refractivity contribution is 6.31. The number of hydrogen-bond donors (Lipinski definition) is 1. The number of nitrogens with one attached hydrogen (secondary N) is 1. The molecule has 32 heavy (non-hydrogen) atoms. The van der Waals surface area contributed by atoms with E-state index in [1.807, 2.05) is 38.1 Å². The van der Waals surface area contributed by atoms with E-state index in [4.69, 9.17) is 11.6 Å². The Morgan fingerprint density at radius 3 is 2.44 bits per heavy atom. The first kappa shape index (κ1) is 24.2. The lowest BCUT2D eigenvalue weighted by atomic mass is 9.95. The molecular weight excluding hydrogens is 427 g/mol. The summed E-state index contributed by atoms with van der Waals surface area (Å²) in [5, 5.41) is 3.37. The SMILES string of the molecule is CCC(C(=O)NC1CCCCC1)N(Cc1ccc(C)cc1)C(=O)Cc1c(F)cccc1Cl. The van der Waals surface area contributed by atoms with Crippen molar-refractivity contribution in [1.82, 2.24) is 10.2 Å². The topological polar surface area (TPSA) is 49.4 Å². The summed E-state index contributed by atoms with van der Waals surface area (Å²) >= 11 is 6.17. The van der Waals surface area contributed by atoms with Crippen molar-refractivity contribution in [1.29, 1.82) is 0 Å². The number of amides is 2. The Labute approximate surface area is 195 Å². The molecular formula is C26H32ClFN2O2. The highest BCUT2D eigenvalue weighted by Crippen LogP contribution is 2.23. The Kier molecular flexibility index (Phi) is 8.68. The molecule has 1 N–H and O–H groups in total. The summed E-state index contributed by atoms with van der Waals surface area (Å²) in [6, 6.07) is 11.8. The number of carbonyl (C=O) groups is 2. The molecule has 1 aliphatic carbocycles. The molecule has 0 aromatic heterocycles. The van der Waals surface area contributed by atoms with Gasteiger partial charge in [-0.25, -0.2) is 4.39 Å². The van der Waals surface area contributed by atoms with Gasteiger partial charge in [-0.1, -0.05) is 73.7 Å². The molecule has 0 heterocycles. The molecule has 1 aliphatic rings. The van der Waals surface area contributed by atoms with Crippen molar-refractivity contribution in [2.45, 2.75) is 77.4 Å². The number of halogens is 2. The highest BCUT2D eigenvalue weighted by atomic mass is 35.5. The Balaban J connectivity index is 1.84. The second-order valence-corrected chi connectivity index (χ2v) is 9.06. The first-order chi connectivity index (χ1) is 15.4. The van der Waals surface area contributed by atoms with Crippen molar-refractivity contribution in [2.75, 3.05) is 0 Å². The maximum atomic E-state index is 14.4. The highest BCUT2D eigenvalue weighted by Gasteiger charge is 2.31. The van der Waals surface area contributed by atoms with Crippen molar-refractivity contribution in [2.24, 2.45) is 0 Å². The third-order valence-electron chi connectivity index (χ3n) is 6.20. The standard InChI is InChI=1S/C26H32ClFN2O2/c1-3-24(26(32)29-20-8-5-4-6-9-20)30(17-19-14-12-18(2)13-15-19)25(31)16-21-22(27)10-7-11-23(21)28/h7,10-15,20,24H,3-6,8-9,16-17H2,1-2H3,(H,29,32). The smallest absolute Gasteiger partial charge is 0.243 e. The molecule has 172 valence electrons. The summed E-state index contributed by atoms with van der Waals surface area (Å²) in [4.78, 5) is 28.2. The number of hydrogen-bond acceptors (Lipinski definition) is 2. The van der Waals surface area contributed by atoms with Crippen LogP contribution in [0.25, 0.3) is 0 Å². The summed E-state index contributed by atoms with van der Waals surface area (Å²) < 4.78 is 14.4. The minimum atomic E-state index is -0.628. The van der Waals surface area contributed by atoms with Gasteiger partial charge >= 0.3 is 0 Å². The Bertz CT molecular complexity index is 906. The molecule has 2 aromatic carbocycles. The van der Waals surface area contributed by atoms with Crippen LogP contribution in [0, 0.1) is 12.7 Å². The normalized spacial score (nSPS) is 15.2. The Morgan fingerprint density at radius 1 is 1.12 bits per heavy atom. The van der Waals surface area contributed by atoms with E-state index in [2.05, 4.69) is 5.32 Å². The third-order valence-corrected chi connectivity index (χ3v) is 6.55. The first-order valence-corrected chi connectivity index (χ1v) is 11.8. The minimum absolute atomic E-state index is 0.139. The van der Waals surface area contributed by atoms with Crippen LogP contribution >= 0.6 is 11.6 Å². The molecule has 2 aromatic rings. The summed E-state index contributed by atoms with van der Waals surface area (Å²) in [6.45, 7) is 4.18. The van der Waals surface area contributed by atoms with E-state index in [0.717, 1.165) is 36.8 Å². The predicted octanol–water partition coefficient (Wildman–Crippen LogP) is 5.59. The molecule has 6 heteroatoms. The quantitative estimate of drug-likeness (QED) is 0.560. The van der Waals surface area contributed by atoms with Crippen molar-refractivity contribution >= 4 is 23.4 Å². The van der Waals surface area contributed by atoms with E-state index in [9.17, 15) is 14.0 Å². The van der Waals surface area contributed by atoms with Gasteiger partial charge in [-0.15, -0.1) is 0 Å². The molecule has 0 saturated heterocycles. The molecule has 4 nitrogen and oxygen atoms in total. The third kappa shape index (κ3) is 6.32. The molecule has 0 radical (unpaired) electrons. The molecule has 1 fully saturated rings. The van der Waals surface area contributed by atoms with E-state index in [1.165, 1.54) is 18.6 Å². The Hall–Kier alpha value is -2.40. The average Bonchev–Trinajstić information content (AvgIpc) is 2.78. The Morgan fingerprint density at radius 2 is 1.81 bits per heavy atom. The monoisotopic (exact) mass is 458 g/mol. The van der Waals surface area contributed by atoms with E-state index in [-0.39, 0.29) is 41.4 Å². The molecule has 0 bridgehead atoms. The van der Waals surface area contributed by atoms with Gasteiger partial charge in [-0.05, 0) is 43.9 Å². The second-order valence-electron chi connectivity index (χ2n) is 8.65. The van der Waals surface area contributed by atoms with Gasteiger partial charge in [-0.3, -0.25) is 9.59 Å². The average molecular weight is 459 g/mol. The fourth-order valence-electron chi connectivity index (χ4n) is 4.31.